The Hall–Kier alpha value is -2.21. The molecule has 23 heavy (non-hydrogen) atoms. The molecule has 0 bridgehead atoms. The van der Waals surface area contributed by atoms with Gasteiger partial charge in [0.05, 0.1) is 29.0 Å². The fourth-order valence-electron chi connectivity index (χ4n) is 2.89. The second-order valence-electron chi connectivity index (χ2n) is 6.49. The summed E-state index contributed by atoms with van der Waals surface area (Å²) in [5.74, 6) is 0.450. The van der Waals surface area contributed by atoms with E-state index < -0.39 is 0 Å². The predicted octanol–water partition coefficient (Wildman–Crippen LogP) is 1.36. The van der Waals surface area contributed by atoms with E-state index in [1.54, 1.807) is 4.68 Å². The van der Waals surface area contributed by atoms with E-state index in [4.69, 9.17) is 5.73 Å². The maximum absolute atomic E-state index is 12.4. The zero-order chi connectivity index (χ0) is 16.4. The lowest BCUT2D eigenvalue weighted by molar-refractivity contribution is -0.122. The molecule has 1 atom stereocenters. The Bertz CT molecular complexity index is 692. The molecule has 3 rings (SSSR count). The van der Waals surface area contributed by atoms with Gasteiger partial charge in [0.2, 0.25) is 5.91 Å². The quantitative estimate of drug-likeness (QED) is 0.843. The molecule has 3 N–H and O–H groups in total. The van der Waals surface area contributed by atoms with Gasteiger partial charge in [0, 0.05) is 6.54 Å². The maximum atomic E-state index is 12.4. The Balaban J connectivity index is 1.71. The lowest BCUT2D eigenvalue weighted by Gasteiger charge is -2.29. The minimum absolute atomic E-state index is 0.0481. The molecule has 1 saturated carbocycles. The Kier molecular flexibility index (Phi) is 4.17. The Labute approximate surface area is 136 Å². The number of hydrogen-bond donors (Lipinski definition) is 2. The first-order valence-electron chi connectivity index (χ1n) is 8.01. The minimum atomic E-state index is -0.305. The molecule has 0 aliphatic heterocycles. The Morgan fingerprint density at radius 3 is 2.70 bits per heavy atom. The van der Waals surface area contributed by atoms with Crippen molar-refractivity contribution in [1.82, 2.24) is 20.3 Å². The second-order valence-corrected chi connectivity index (χ2v) is 6.49. The number of rotatable bonds is 6. The molecular formula is C17H23N5O. The fraction of sp³-hybridized carbons (Fsp3) is 0.471. The second kappa shape index (κ2) is 6.12. The molecule has 1 aliphatic carbocycles. The molecule has 0 spiro atoms. The van der Waals surface area contributed by atoms with Crippen molar-refractivity contribution in [1.29, 1.82) is 0 Å². The van der Waals surface area contributed by atoms with Crippen LogP contribution in [0.1, 0.15) is 31.2 Å². The smallest absolute Gasteiger partial charge is 0.226 e. The Morgan fingerprint density at radius 1 is 1.39 bits per heavy atom. The number of nitrogens with zero attached hydrogens (tertiary/aromatic N) is 3. The predicted molar refractivity (Wildman–Crippen MR) is 88.1 cm³/mol. The van der Waals surface area contributed by atoms with Crippen LogP contribution in [0.4, 0.5) is 0 Å². The number of para-hydroxylation sites is 1. The summed E-state index contributed by atoms with van der Waals surface area (Å²) in [6.45, 7) is 4.41. The van der Waals surface area contributed by atoms with Gasteiger partial charge in [0.25, 0.3) is 0 Å². The molecule has 1 aliphatic rings. The van der Waals surface area contributed by atoms with Gasteiger partial charge >= 0.3 is 0 Å². The summed E-state index contributed by atoms with van der Waals surface area (Å²) >= 11 is 0. The van der Waals surface area contributed by atoms with Crippen LogP contribution in [0.15, 0.2) is 30.3 Å². The summed E-state index contributed by atoms with van der Waals surface area (Å²) in [5.41, 5.74) is 8.06. The van der Waals surface area contributed by atoms with E-state index in [2.05, 4.69) is 15.6 Å². The highest BCUT2D eigenvalue weighted by molar-refractivity contribution is 5.79. The molecule has 122 valence electrons. The van der Waals surface area contributed by atoms with Crippen LogP contribution >= 0.6 is 0 Å². The van der Waals surface area contributed by atoms with Crippen LogP contribution in [0.25, 0.3) is 5.69 Å². The van der Waals surface area contributed by atoms with Gasteiger partial charge in [0.15, 0.2) is 0 Å². The van der Waals surface area contributed by atoms with E-state index in [9.17, 15) is 4.79 Å². The molecule has 6 heteroatoms. The molecule has 0 saturated heterocycles. The summed E-state index contributed by atoms with van der Waals surface area (Å²) in [6.07, 6.45) is 2.50. The van der Waals surface area contributed by atoms with Crippen molar-refractivity contribution >= 4 is 5.91 Å². The van der Waals surface area contributed by atoms with Gasteiger partial charge in [-0.1, -0.05) is 23.4 Å². The first-order valence-corrected chi connectivity index (χ1v) is 8.01. The van der Waals surface area contributed by atoms with E-state index >= 15 is 0 Å². The van der Waals surface area contributed by atoms with Gasteiger partial charge in [-0.2, -0.15) is 0 Å². The lowest BCUT2D eigenvalue weighted by atomic mass is 9.95. The maximum Gasteiger partial charge on any atom is 0.226 e. The topological polar surface area (TPSA) is 85.8 Å². The highest BCUT2D eigenvalue weighted by Gasteiger charge is 2.41. The number of nitrogens with two attached hydrogens (primary N) is 1. The number of carbonyl (C=O) groups is 1. The van der Waals surface area contributed by atoms with Crippen molar-refractivity contribution < 1.29 is 4.79 Å². The van der Waals surface area contributed by atoms with Gasteiger partial charge in [-0.05, 0) is 44.7 Å². The zero-order valence-corrected chi connectivity index (χ0v) is 13.6. The van der Waals surface area contributed by atoms with E-state index in [1.165, 1.54) is 0 Å². The standard InChI is InChI=1S/C17H23N5O/c1-12-15(20-21-22(12)14-6-4-3-5-7-14)10-16(23)19-17(2,11-18)13-8-9-13/h3-7,13H,8-11,18H2,1-2H3,(H,19,23). The molecule has 1 aromatic carbocycles. The summed E-state index contributed by atoms with van der Waals surface area (Å²) in [6, 6.07) is 9.78. The van der Waals surface area contributed by atoms with Crippen LogP contribution in [-0.4, -0.2) is 33.0 Å². The summed E-state index contributed by atoms with van der Waals surface area (Å²) in [4.78, 5) is 12.4. The molecule has 1 fully saturated rings. The number of benzene rings is 1. The van der Waals surface area contributed by atoms with Crippen molar-refractivity contribution in [2.75, 3.05) is 6.54 Å². The number of carbonyl (C=O) groups excluding carboxylic acids is 1. The number of nitrogens with one attached hydrogen (secondary N) is 1. The van der Waals surface area contributed by atoms with Crippen LogP contribution < -0.4 is 11.1 Å². The lowest BCUT2D eigenvalue weighted by Crippen LogP contribution is -2.53. The SMILES string of the molecule is Cc1c(CC(=O)NC(C)(CN)C2CC2)nnn1-c1ccccc1. The first-order chi connectivity index (χ1) is 11.0. The van der Waals surface area contributed by atoms with Crippen LogP contribution in [0.3, 0.4) is 0 Å². The number of amides is 1. The largest absolute Gasteiger partial charge is 0.349 e. The van der Waals surface area contributed by atoms with E-state index in [0.717, 1.165) is 24.2 Å². The molecule has 0 radical (unpaired) electrons. The minimum Gasteiger partial charge on any atom is -0.349 e. The molecule has 2 aromatic rings. The van der Waals surface area contributed by atoms with Gasteiger partial charge in [0.1, 0.15) is 0 Å². The average Bonchev–Trinajstić information content (AvgIpc) is 3.35. The van der Waals surface area contributed by atoms with Crippen molar-refractivity contribution in [3.63, 3.8) is 0 Å². The van der Waals surface area contributed by atoms with E-state index in [1.807, 2.05) is 44.2 Å². The molecule has 1 heterocycles. The van der Waals surface area contributed by atoms with Crippen molar-refractivity contribution in [2.45, 2.75) is 38.6 Å². The van der Waals surface area contributed by atoms with Crippen LogP contribution in [0, 0.1) is 12.8 Å². The van der Waals surface area contributed by atoms with Crippen molar-refractivity contribution in [3.05, 3.63) is 41.7 Å². The summed E-state index contributed by atoms with van der Waals surface area (Å²) < 4.78 is 1.76. The third-order valence-corrected chi connectivity index (χ3v) is 4.65. The zero-order valence-electron chi connectivity index (χ0n) is 13.6. The highest BCUT2D eigenvalue weighted by Crippen LogP contribution is 2.38. The normalized spacial score (nSPS) is 16.8. The number of hydrogen-bond acceptors (Lipinski definition) is 4. The van der Waals surface area contributed by atoms with E-state index in [-0.39, 0.29) is 17.9 Å². The van der Waals surface area contributed by atoms with Crippen molar-refractivity contribution in [2.24, 2.45) is 11.7 Å². The van der Waals surface area contributed by atoms with Crippen LogP contribution in [0.2, 0.25) is 0 Å². The fourth-order valence-corrected chi connectivity index (χ4v) is 2.89. The molecule has 6 nitrogen and oxygen atoms in total. The monoisotopic (exact) mass is 313 g/mol. The average molecular weight is 313 g/mol. The summed E-state index contributed by atoms with van der Waals surface area (Å²) in [7, 11) is 0. The molecular weight excluding hydrogens is 290 g/mol. The number of aromatic nitrogens is 3. The van der Waals surface area contributed by atoms with Gasteiger partial charge in [-0.3, -0.25) is 4.79 Å². The van der Waals surface area contributed by atoms with Gasteiger partial charge < -0.3 is 11.1 Å². The van der Waals surface area contributed by atoms with Gasteiger partial charge in [-0.15, -0.1) is 5.10 Å². The van der Waals surface area contributed by atoms with E-state index in [0.29, 0.717) is 18.2 Å². The Morgan fingerprint density at radius 2 is 2.09 bits per heavy atom. The molecule has 1 unspecified atom stereocenters. The first kappa shape index (κ1) is 15.7. The molecule has 1 amide bonds. The highest BCUT2D eigenvalue weighted by atomic mass is 16.1. The van der Waals surface area contributed by atoms with Crippen molar-refractivity contribution in [3.8, 4) is 5.69 Å². The van der Waals surface area contributed by atoms with Gasteiger partial charge in [-0.25, -0.2) is 4.68 Å². The van der Waals surface area contributed by atoms with Crippen LogP contribution in [0.5, 0.6) is 0 Å². The molecule has 1 aromatic heterocycles. The third kappa shape index (κ3) is 3.27. The summed E-state index contributed by atoms with van der Waals surface area (Å²) in [5, 5.41) is 11.4. The third-order valence-electron chi connectivity index (χ3n) is 4.65. The van der Waals surface area contributed by atoms with Crippen LogP contribution in [-0.2, 0) is 11.2 Å².